The van der Waals surface area contributed by atoms with Crippen molar-refractivity contribution in [3.63, 3.8) is 0 Å². The predicted octanol–water partition coefficient (Wildman–Crippen LogP) is 0.282. The zero-order chi connectivity index (χ0) is 19.6. The van der Waals surface area contributed by atoms with Crippen molar-refractivity contribution in [3.05, 3.63) is 0 Å². The Hall–Kier alpha value is -1.67. The first-order chi connectivity index (χ1) is 11.6. The number of carbonyl (C=O) groups excluding carboxylic acids is 3. The van der Waals surface area contributed by atoms with Crippen LogP contribution in [0, 0.1) is 5.92 Å². The predicted molar refractivity (Wildman–Crippen MR) is 97.0 cm³/mol. The largest absolute Gasteiger partial charge is 0.391 e. The van der Waals surface area contributed by atoms with Gasteiger partial charge in [0.1, 0.15) is 6.04 Å². The van der Waals surface area contributed by atoms with Crippen molar-refractivity contribution < 1.29 is 19.5 Å². The minimum atomic E-state index is -0.889. The average molecular weight is 358 g/mol. The minimum Gasteiger partial charge on any atom is -0.391 e. The van der Waals surface area contributed by atoms with Crippen molar-refractivity contribution in [2.75, 3.05) is 6.54 Å². The molecule has 0 aromatic carbocycles. The molecule has 0 bridgehead atoms. The van der Waals surface area contributed by atoms with Crippen LogP contribution < -0.4 is 21.7 Å². The summed E-state index contributed by atoms with van der Waals surface area (Å²) in [5.74, 6) is -0.723. The second-order valence-electron chi connectivity index (χ2n) is 6.75. The van der Waals surface area contributed by atoms with Crippen LogP contribution in [0.3, 0.4) is 0 Å². The number of aliphatic hydroxyl groups is 1. The van der Waals surface area contributed by atoms with Gasteiger partial charge in [0.15, 0.2) is 5.78 Å². The maximum Gasteiger partial charge on any atom is 0.312 e. The molecule has 8 heteroatoms. The van der Waals surface area contributed by atoms with Crippen LogP contribution in [-0.2, 0) is 9.59 Å². The minimum absolute atomic E-state index is 0.0596. The number of rotatable bonds is 12. The van der Waals surface area contributed by atoms with Crippen LogP contribution >= 0.6 is 0 Å². The first-order valence-electron chi connectivity index (χ1n) is 8.91. The lowest BCUT2D eigenvalue weighted by Crippen LogP contribution is -2.56. The van der Waals surface area contributed by atoms with Crippen LogP contribution in [0.2, 0.25) is 0 Å². The van der Waals surface area contributed by atoms with Crippen LogP contribution in [0.5, 0.6) is 0 Å². The van der Waals surface area contributed by atoms with E-state index >= 15 is 0 Å². The quantitative estimate of drug-likeness (QED) is 0.320. The smallest absolute Gasteiger partial charge is 0.312 e. The van der Waals surface area contributed by atoms with E-state index in [1.807, 2.05) is 13.8 Å². The highest BCUT2D eigenvalue weighted by Crippen LogP contribution is 2.08. The number of urea groups is 1. The van der Waals surface area contributed by atoms with E-state index in [-0.39, 0.29) is 17.7 Å². The highest BCUT2D eigenvalue weighted by Gasteiger charge is 2.29. The number of ketones is 1. The van der Waals surface area contributed by atoms with Crippen molar-refractivity contribution in [3.8, 4) is 0 Å². The Morgan fingerprint density at radius 1 is 1.12 bits per heavy atom. The summed E-state index contributed by atoms with van der Waals surface area (Å²) in [6.45, 7) is 9.31. The van der Waals surface area contributed by atoms with E-state index in [1.54, 1.807) is 13.8 Å². The van der Waals surface area contributed by atoms with Gasteiger partial charge in [0.05, 0.1) is 12.1 Å². The Morgan fingerprint density at radius 2 is 1.72 bits per heavy atom. The lowest BCUT2D eigenvalue weighted by molar-refractivity contribution is -0.132. The Bertz CT molecular complexity index is 440. The number of amides is 3. The first kappa shape index (κ1) is 23.3. The van der Waals surface area contributed by atoms with Crippen LogP contribution in [0.1, 0.15) is 53.9 Å². The van der Waals surface area contributed by atoms with Gasteiger partial charge >= 0.3 is 6.03 Å². The van der Waals surface area contributed by atoms with Gasteiger partial charge in [0, 0.05) is 18.5 Å². The number of carbonyl (C=O) groups is 3. The van der Waals surface area contributed by atoms with E-state index in [4.69, 9.17) is 5.73 Å². The van der Waals surface area contributed by atoms with Gasteiger partial charge in [0.2, 0.25) is 5.91 Å². The van der Waals surface area contributed by atoms with Gasteiger partial charge in [-0.05, 0) is 33.1 Å². The Morgan fingerprint density at radius 3 is 2.16 bits per heavy atom. The maximum absolute atomic E-state index is 12.5. The van der Waals surface area contributed by atoms with Crippen molar-refractivity contribution in [1.82, 2.24) is 16.0 Å². The molecule has 0 saturated heterocycles. The molecule has 25 heavy (non-hydrogen) atoms. The van der Waals surface area contributed by atoms with Gasteiger partial charge in [-0.1, -0.05) is 20.8 Å². The normalized spacial score (nSPS) is 16.0. The van der Waals surface area contributed by atoms with Crippen LogP contribution in [0.25, 0.3) is 0 Å². The molecule has 0 heterocycles. The summed E-state index contributed by atoms with van der Waals surface area (Å²) in [5.41, 5.74) is 5.01. The molecule has 0 radical (unpaired) electrons. The van der Waals surface area contributed by atoms with E-state index in [1.165, 1.54) is 6.92 Å². The zero-order valence-corrected chi connectivity index (χ0v) is 16.0. The highest BCUT2D eigenvalue weighted by atomic mass is 16.3. The molecule has 0 rings (SSSR count). The summed E-state index contributed by atoms with van der Waals surface area (Å²) in [6.07, 6.45) is 0.813. The summed E-state index contributed by atoms with van der Waals surface area (Å²) in [7, 11) is 0. The van der Waals surface area contributed by atoms with Gasteiger partial charge in [0.25, 0.3) is 0 Å². The molecule has 0 saturated carbocycles. The third kappa shape index (κ3) is 9.40. The first-order valence-corrected chi connectivity index (χ1v) is 8.91. The molecule has 4 atom stereocenters. The second kappa shape index (κ2) is 11.8. The van der Waals surface area contributed by atoms with E-state index < -0.39 is 30.1 Å². The lowest BCUT2D eigenvalue weighted by Gasteiger charge is -2.27. The molecule has 146 valence electrons. The average Bonchev–Trinajstić information content (AvgIpc) is 2.53. The highest BCUT2D eigenvalue weighted by molar-refractivity contribution is 5.92. The molecule has 6 N–H and O–H groups in total. The van der Waals surface area contributed by atoms with Gasteiger partial charge in [-0.3, -0.25) is 9.59 Å². The van der Waals surface area contributed by atoms with Gasteiger partial charge in [-0.2, -0.15) is 0 Å². The standard InChI is InChI=1S/C17H34N4O4/c1-6-11(4)20-14(12(5)22)16(24)21-13(15(23)10(2)3)8-7-9-19-17(18)25/h10-14,20,22H,6-9H2,1-5H3,(H,21,24)(H3,18,19,25)/t11?,12?,13-,14-/m0/s1. The fourth-order valence-corrected chi connectivity index (χ4v) is 2.33. The van der Waals surface area contributed by atoms with Gasteiger partial charge < -0.3 is 26.8 Å². The molecule has 2 unspecified atom stereocenters. The van der Waals surface area contributed by atoms with Crippen molar-refractivity contribution in [2.24, 2.45) is 11.7 Å². The molecular formula is C17H34N4O4. The molecule has 0 aromatic heterocycles. The summed E-state index contributed by atoms with van der Waals surface area (Å²) in [6, 6.07) is -2.02. The van der Waals surface area contributed by atoms with Crippen LogP contribution in [0.4, 0.5) is 4.79 Å². The van der Waals surface area contributed by atoms with E-state index in [0.717, 1.165) is 6.42 Å². The fraction of sp³-hybridized carbons (Fsp3) is 0.824. The lowest BCUT2D eigenvalue weighted by atomic mass is 9.97. The van der Waals surface area contributed by atoms with Gasteiger partial charge in [-0.15, -0.1) is 0 Å². The molecule has 0 fully saturated rings. The molecule has 0 aliphatic carbocycles. The number of nitrogens with one attached hydrogen (secondary N) is 3. The topological polar surface area (TPSA) is 134 Å². The molecule has 0 spiro atoms. The molecule has 8 nitrogen and oxygen atoms in total. The molecule has 0 aromatic rings. The summed E-state index contributed by atoms with van der Waals surface area (Å²) >= 11 is 0. The molecule has 0 aliphatic rings. The SMILES string of the molecule is CCC(C)N[C@H](C(=O)N[C@@H](CCCNC(N)=O)C(=O)C(C)C)C(C)O. The second-order valence-corrected chi connectivity index (χ2v) is 6.75. The van der Waals surface area contributed by atoms with Crippen LogP contribution in [-0.4, -0.2) is 53.6 Å². The number of hydrogen-bond acceptors (Lipinski definition) is 5. The van der Waals surface area contributed by atoms with Gasteiger partial charge in [-0.25, -0.2) is 4.79 Å². The number of nitrogens with two attached hydrogens (primary N) is 1. The molecule has 0 aliphatic heterocycles. The van der Waals surface area contributed by atoms with E-state index in [9.17, 15) is 19.5 Å². The number of aliphatic hydroxyl groups excluding tert-OH is 1. The zero-order valence-electron chi connectivity index (χ0n) is 16.0. The molecular weight excluding hydrogens is 324 g/mol. The molecule has 3 amide bonds. The van der Waals surface area contributed by atoms with Crippen molar-refractivity contribution >= 4 is 17.7 Å². The maximum atomic E-state index is 12.5. The van der Waals surface area contributed by atoms with E-state index in [0.29, 0.717) is 19.4 Å². The Labute approximate surface area is 150 Å². The monoisotopic (exact) mass is 358 g/mol. The van der Waals surface area contributed by atoms with E-state index in [2.05, 4.69) is 16.0 Å². The summed E-state index contributed by atoms with van der Waals surface area (Å²) in [5, 5.41) is 18.2. The third-order valence-corrected chi connectivity index (χ3v) is 4.04. The summed E-state index contributed by atoms with van der Waals surface area (Å²) in [4.78, 5) is 35.6. The Balaban J connectivity index is 4.91. The Kier molecular flexibility index (Phi) is 11.0. The van der Waals surface area contributed by atoms with Crippen molar-refractivity contribution in [2.45, 2.75) is 78.1 Å². The van der Waals surface area contributed by atoms with Crippen molar-refractivity contribution in [1.29, 1.82) is 0 Å². The number of hydrogen-bond donors (Lipinski definition) is 5. The third-order valence-electron chi connectivity index (χ3n) is 4.04. The number of primary amides is 1. The fourth-order valence-electron chi connectivity index (χ4n) is 2.33. The number of Topliss-reactive ketones (excluding diaryl/α,β-unsaturated/α-hetero) is 1. The van der Waals surface area contributed by atoms with Crippen LogP contribution in [0.15, 0.2) is 0 Å². The summed E-state index contributed by atoms with van der Waals surface area (Å²) < 4.78 is 0.